The lowest BCUT2D eigenvalue weighted by Gasteiger charge is -1.95. The van der Waals surface area contributed by atoms with Crippen LogP contribution in [0, 0.1) is 11.8 Å². The third-order valence-corrected chi connectivity index (χ3v) is 2.36. The first-order valence-corrected chi connectivity index (χ1v) is 9.52. The first-order chi connectivity index (χ1) is 10.4. The fourth-order valence-corrected chi connectivity index (χ4v) is 1.41. The summed E-state index contributed by atoms with van der Waals surface area (Å²) in [7, 11) is 0. The largest absolute Gasteiger partial charge is 0.103 e. The molecule has 0 aromatic heterocycles. The summed E-state index contributed by atoms with van der Waals surface area (Å²) >= 11 is 0. The molecule has 0 bridgehead atoms. The van der Waals surface area contributed by atoms with Gasteiger partial charge in [-0.15, -0.1) is 5.92 Å². The Morgan fingerprint density at radius 2 is 1.19 bits per heavy atom. The summed E-state index contributed by atoms with van der Waals surface area (Å²) in [5, 5.41) is 0. The smallest absolute Gasteiger partial charge is 0.0269 e. The Kier molecular flexibility index (Phi) is 57.9. The zero-order valence-corrected chi connectivity index (χ0v) is 16.5. The van der Waals surface area contributed by atoms with Gasteiger partial charge in [-0.05, 0) is 19.3 Å². The summed E-state index contributed by atoms with van der Waals surface area (Å²) in [6.45, 7) is 16.4. The predicted octanol–water partition coefficient (Wildman–Crippen LogP) is 8.18. The molecule has 0 spiro atoms. The van der Waals surface area contributed by atoms with Crippen LogP contribution < -0.4 is 0 Å². The van der Waals surface area contributed by atoms with E-state index < -0.39 is 0 Å². The van der Waals surface area contributed by atoms with Gasteiger partial charge in [0, 0.05) is 12.8 Å². The Balaban J connectivity index is -0.000000212. The van der Waals surface area contributed by atoms with Crippen molar-refractivity contribution in [1.29, 1.82) is 0 Å². The molecule has 0 nitrogen and oxygen atoms in total. The van der Waals surface area contributed by atoms with Crippen LogP contribution in [0.25, 0.3) is 0 Å². The van der Waals surface area contributed by atoms with Gasteiger partial charge in [-0.2, -0.15) is 0 Å². The number of unbranched alkanes of at least 4 members (excludes halogenated alkanes) is 6. The van der Waals surface area contributed by atoms with Crippen molar-refractivity contribution in [3.63, 3.8) is 0 Å². The van der Waals surface area contributed by atoms with E-state index in [0.29, 0.717) is 0 Å². The van der Waals surface area contributed by atoms with Gasteiger partial charge >= 0.3 is 0 Å². The molecule has 0 aromatic carbocycles. The average molecular weight is 297 g/mol. The predicted molar refractivity (Wildman–Crippen MR) is 104 cm³/mol. The second kappa shape index (κ2) is 42.7. The average Bonchev–Trinajstić information content (AvgIpc) is 2.58. The van der Waals surface area contributed by atoms with Crippen molar-refractivity contribution in [1.82, 2.24) is 0 Å². The fourth-order valence-electron chi connectivity index (χ4n) is 1.41. The Labute approximate surface area is 137 Å². The number of rotatable bonds is 8. The number of allylic oxidation sites excluding steroid dienone is 2. The molecule has 0 unspecified atom stereocenters. The van der Waals surface area contributed by atoms with Gasteiger partial charge in [0.25, 0.3) is 0 Å². The maximum atomic E-state index is 3.16. The highest BCUT2D eigenvalue weighted by Gasteiger charge is 1.85. The van der Waals surface area contributed by atoms with Gasteiger partial charge in [-0.25, -0.2) is 0 Å². The van der Waals surface area contributed by atoms with Crippen molar-refractivity contribution in [2.24, 2.45) is 0 Å². The molecule has 0 rings (SSSR count). The quantitative estimate of drug-likeness (QED) is 0.241. The molecule has 0 atom stereocenters. The standard InChI is InChI=1S/C15H26.3C2H6/c1-3-5-7-9-11-13-15-14-12-10-8-6-4-2;3*1-2/h14-15H,3-7,9,11-13H2,1-2H3;3*1-2H3/b15-14-;;;. The van der Waals surface area contributed by atoms with Crippen molar-refractivity contribution in [3.05, 3.63) is 12.2 Å². The van der Waals surface area contributed by atoms with Gasteiger partial charge in [-0.3, -0.25) is 0 Å². The van der Waals surface area contributed by atoms with Gasteiger partial charge in [0.2, 0.25) is 0 Å². The van der Waals surface area contributed by atoms with Crippen LogP contribution in [0.1, 0.15) is 113 Å². The summed E-state index contributed by atoms with van der Waals surface area (Å²) < 4.78 is 0. The zero-order chi connectivity index (χ0) is 17.2. The molecule has 0 amide bonds. The molecule has 0 aliphatic carbocycles. The van der Waals surface area contributed by atoms with E-state index in [4.69, 9.17) is 0 Å². The summed E-state index contributed by atoms with van der Waals surface area (Å²) in [6.07, 6.45) is 15.8. The molecule has 128 valence electrons. The van der Waals surface area contributed by atoms with Crippen LogP contribution in [0.5, 0.6) is 0 Å². The monoisotopic (exact) mass is 296 g/mol. The molecular weight excluding hydrogens is 252 g/mol. The van der Waals surface area contributed by atoms with Gasteiger partial charge in [0.15, 0.2) is 0 Å². The molecule has 0 N–H and O–H groups in total. The molecule has 0 saturated heterocycles. The highest BCUT2D eigenvalue weighted by molar-refractivity contribution is 5.04. The maximum absolute atomic E-state index is 3.16. The van der Waals surface area contributed by atoms with Crippen LogP contribution in [-0.4, -0.2) is 0 Å². The molecule has 0 aliphatic heterocycles. The fraction of sp³-hybridized carbons (Fsp3) is 0.810. The van der Waals surface area contributed by atoms with E-state index in [-0.39, 0.29) is 0 Å². The summed E-state index contributed by atoms with van der Waals surface area (Å²) in [5.74, 6) is 6.31. The van der Waals surface area contributed by atoms with E-state index >= 15 is 0 Å². The van der Waals surface area contributed by atoms with Gasteiger partial charge in [0.1, 0.15) is 0 Å². The van der Waals surface area contributed by atoms with Crippen molar-refractivity contribution < 1.29 is 0 Å². The van der Waals surface area contributed by atoms with Gasteiger partial charge in [-0.1, -0.05) is 99.1 Å². The van der Waals surface area contributed by atoms with Crippen molar-refractivity contribution >= 4 is 0 Å². The summed E-state index contributed by atoms with van der Waals surface area (Å²) in [5.41, 5.74) is 0. The van der Waals surface area contributed by atoms with E-state index in [9.17, 15) is 0 Å². The molecule has 0 radical (unpaired) electrons. The van der Waals surface area contributed by atoms with Gasteiger partial charge in [0.05, 0.1) is 0 Å². The second-order valence-corrected chi connectivity index (χ2v) is 3.98. The van der Waals surface area contributed by atoms with E-state index in [1.165, 1.54) is 44.9 Å². The van der Waals surface area contributed by atoms with Crippen LogP contribution in [0.4, 0.5) is 0 Å². The molecular formula is C21H44. The Bertz CT molecular complexity index is 190. The minimum absolute atomic E-state index is 0.939. The number of hydrogen-bond donors (Lipinski definition) is 0. The van der Waals surface area contributed by atoms with Crippen molar-refractivity contribution in [2.75, 3.05) is 0 Å². The van der Waals surface area contributed by atoms with Crippen molar-refractivity contribution in [3.8, 4) is 11.8 Å². The van der Waals surface area contributed by atoms with Crippen LogP contribution in [0.3, 0.4) is 0 Å². The molecule has 0 aromatic rings. The summed E-state index contributed by atoms with van der Waals surface area (Å²) in [4.78, 5) is 0. The third kappa shape index (κ3) is 45.2. The summed E-state index contributed by atoms with van der Waals surface area (Å²) in [6, 6.07) is 0. The highest BCUT2D eigenvalue weighted by atomic mass is 13.9. The minimum Gasteiger partial charge on any atom is -0.103 e. The Morgan fingerprint density at radius 3 is 1.71 bits per heavy atom. The topological polar surface area (TPSA) is 0 Å². The molecule has 0 fully saturated rings. The lowest BCUT2D eigenvalue weighted by atomic mass is 10.1. The molecule has 0 aliphatic rings. The van der Waals surface area contributed by atoms with Crippen LogP contribution in [0.2, 0.25) is 0 Å². The van der Waals surface area contributed by atoms with E-state index in [1.54, 1.807) is 0 Å². The SMILES string of the molecule is CC.CC.CC.CCCC#CC/C=C\CCCCCCC. The molecule has 0 heteroatoms. The Morgan fingerprint density at radius 1 is 0.619 bits per heavy atom. The second-order valence-electron chi connectivity index (χ2n) is 3.98. The molecule has 21 heavy (non-hydrogen) atoms. The van der Waals surface area contributed by atoms with Crippen LogP contribution >= 0.6 is 0 Å². The van der Waals surface area contributed by atoms with Gasteiger partial charge < -0.3 is 0 Å². The first kappa shape index (κ1) is 28.5. The van der Waals surface area contributed by atoms with Crippen LogP contribution in [0.15, 0.2) is 12.2 Å². The van der Waals surface area contributed by atoms with E-state index in [0.717, 1.165) is 12.8 Å². The highest BCUT2D eigenvalue weighted by Crippen LogP contribution is 2.05. The minimum atomic E-state index is 0.939. The first-order valence-electron chi connectivity index (χ1n) is 9.52. The lowest BCUT2D eigenvalue weighted by Crippen LogP contribution is -1.75. The zero-order valence-electron chi connectivity index (χ0n) is 16.5. The normalized spacial score (nSPS) is 8.19. The molecule has 0 heterocycles. The Hall–Kier alpha value is -0.700. The van der Waals surface area contributed by atoms with Crippen LogP contribution in [-0.2, 0) is 0 Å². The lowest BCUT2D eigenvalue weighted by molar-refractivity contribution is 0.637. The van der Waals surface area contributed by atoms with E-state index in [1.807, 2.05) is 41.5 Å². The third-order valence-electron chi connectivity index (χ3n) is 2.36. The molecule has 0 saturated carbocycles. The number of hydrogen-bond acceptors (Lipinski definition) is 0. The van der Waals surface area contributed by atoms with Crippen molar-refractivity contribution in [2.45, 2.75) is 113 Å². The maximum Gasteiger partial charge on any atom is 0.0269 e. The van der Waals surface area contributed by atoms with E-state index in [2.05, 4.69) is 37.8 Å².